The van der Waals surface area contributed by atoms with E-state index in [1.165, 1.54) is 10.6 Å². The molecule has 0 aliphatic carbocycles. The van der Waals surface area contributed by atoms with Crippen LogP contribution in [0.3, 0.4) is 0 Å². The molecule has 0 saturated carbocycles. The number of fused-ring (bicyclic) bond motifs is 1. The van der Waals surface area contributed by atoms with Crippen LogP contribution in [0.2, 0.25) is 0 Å². The van der Waals surface area contributed by atoms with E-state index in [-0.39, 0.29) is 0 Å². The maximum absolute atomic E-state index is 4.55. The summed E-state index contributed by atoms with van der Waals surface area (Å²) in [4.78, 5) is 15.3. The van der Waals surface area contributed by atoms with Gasteiger partial charge in [-0.3, -0.25) is 9.30 Å². The number of hydrogen-bond acceptors (Lipinski definition) is 7. The fraction of sp³-hybridized carbons (Fsp3) is 0.500. The summed E-state index contributed by atoms with van der Waals surface area (Å²) in [5.74, 6) is 0.932. The van der Waals surface area contributed by atoms with Gasteiger partial charge in [-0.2, -0.15) is 0 Å². The van der Waals surface area contributed by atoms with Gasteiger partial charge in [-0.25, -0.2) is 9.97 Å². The van der Waals surface area contributed by atoms with Crippen LogP contribution in [0.5, 0.6) is 0 Å². The van der Waals surface area contributed by atoms with Crippen LogP contribution < -0.4 is 4.90 Å². The molecule has 126 valence electrons. The van der Waals surface area contributed by atoms with Crippen molar-refractivity contribution in [2.24, 2.45) is 0 Å². The zero-order valence-electron chi connectivity index (χ0n) is 14.0. The summed E-state index contributed by atoms with van der Waals surface area (Å²) >= 11 is 1.81. The molecule has 1 aliphatic heterocycles. The van der Waals surface area contributed by atoms with Gasteiger partial charge in [-0.15, -0.1) is 21.5 Å². The molecule has 0 unspecified atom stereocenters. The van der Waals surface area contributed by atoms with Crippen molar-refractivity contribution in [3.8, 4) is 0 Å². The Bertz CT molecular complexity index is 840. The van der Waals surface area contributed by atoms with E-state index in [4.69, 9.17) is 0 Å². The second-order valence-corrected chi connectivity index (χ2v) is 7.46. The average molecular weight is 343 g/mol. The van der Waals surface area contributed by atoms with Gasteiger partial charge in [0, 0.05) is 50.0 Å². The zero-order valence-corrected chi connectivity index (χ0v) is 14.8. The van der Waals surface area contributed by atoms with E-state index in [1.807, 2.05) is 28.1 Å². The number of nitrogens with zero attached hydrogens (tertiary/aromatic N) is 7. The largest absolute Gasteiger partial charge is 0.352 e. The minimum atomic E-state index is 0.833. The molecule has 0 spiro atoms. The maximum Gasteiger partial charge on any atom is 0.203 e. The molecule has 1 aliphatic rings. The standard InChI is InChI=1S/C16H21N7S/c1-12-14(24-13(2)19-12)10-21-5-3-6-22(9-8-21)15-16-20-18-11-23(16)7-4-17-15/h4,7,11H,3,5-6,8-10H2,1-2H3. The molecule has 0 atom stereocenters. The molecule has 4 heterocycles. The molecule has 3 aromatic heterocycles. The molecule has 4 rings (SSSR count). The first kappa shape index (κ1) is 15.5. The van der Waals surface area contributed by atoms with Crippen LogP contribution in [0.4, 0.5) is 5.82 Å². The van der Waals surface area contributed by atoms with Gasteiger partial charge in [0.1, 0.15) is 6.33 Å². The van der Waals surface area contributed by atoms with Crippen molar-refractivity contribution < 1.29 is 0 Å². The highest BCUT2D eigenvalue weighted by Gasteiger charge is 2.20. The Morgan fingerprint density at radius 2 is 2.08 bits per heavy atom. The molecular formula is C16H21N7S. The molecule has 7 nitrogen and oxygen atoms in total. The van der Waals surface area contributed by atoms with Crippen molar-refractivity contribution in [3.05, 3.63) is 34.3 Å². The summed E-state index contributed by atoms with van der Waals surface area (Å²) in [5, 5.41) is 9.36. The smallest absolute Gasteiger partial charge is 0.203 e. The van der Waals surface area contributed by atoms with Crippen molar-refractivity contribution >= 4 is 22.8 Å². The van der Waals surface area contributed by atoms with Crippen LogP contribution >= 0.6 is 11.3 Å². The third kappa shape index (κ3) is 2.99. The minimum Gasteiger partial charge on any atom is -0.352 e. The van der Waals surface area contributed by atoms with Gasteiger partial charge in [0.2, 0.25) is 5.65 Å². The fourth-order valence-electron chi connectivity index (χ4n) is 3.23. The van der Waals surface area contributed by atoms with Gasteiger partial charge in [-0.05, 0) is 20.3 Å². The van der Waals surface area contributed by atoms with E-state index in [0.717, 1.165) is 55.6 Å². The average Bonchev–Trinajstić information content (AvgIpc) is 3.08. The van der Waals surface area contributed by atoms with Crippen LogP contribution in [-0.4, -0.2) is 55.6 Å². The quantitative estimate of drug-likeness (QED) is 0.724. The lowest BCUT2D eigenvalue weighted by atomic mass is 10.3. The van der Waals surface area contributed by atoms with Crippen LogP contribution in [0.1, 0.15) is 22.0 Å². The number of rotatable bonds is 3. The second-order valence-electron chi connectivity index (χ2n) is 6.17. The first-order chi connectivity index (χ1) is 11.7. The monoisotopic (exact) mass is 343 g/mol. The predicted molar refractivity (Wildman–Crippen MR) is 94.5 cm³/mol. The Hall–Kier alpha value is -2.06. The van der Waals surface area contributed by atoms with E-state index in [2.05, 4.69) is 43.8 Å². The van der Waals surface area contributed by atoms with Crippen LogP contribution in [0, 0.1) is 13.8 Å². The molecular weight excluding hydrogens is 322 g/mol. The number of anilines is 1. The molecule has 0 N–H and O–H groups in total. The topological polar surface area (TPSA) is 62.5 Å². The van der Waals surface area contributed by atoms with E-state index in [1.54, 1.807) is 6.33 Å². The molecule has 0 amide bonds. The van der Waals surface area contributed by atoms with Crippen molar-refractivity contribution in [3.63, 3.8) is 0 Å². The molecule has 8 heteroatoms. The molecule has 0 aromatic carbocycles. The zero-order chi connectivity index (χ0) is 16.5. The fourth-order valence-corrected chi connectivity index (χ4v) is 4.21. The van der Waals surface area contributed by atoms with Gasteiger partial charge in [0.15, 0.2) is 5.82 Å². The highest BCUT2D eigenvalue weighted by Crippen LogP contribution is 2.22. The number of aryl methyl sites for hydroxylation is 2. The van der Waals surface area contributed by atoms with E-state index in [9.17, 15) is 0 Å². The van der Waals surface area contributed by atoms with Gasteiger partial charge >= 0.3 is 0 Å². The molecule has 3 aromatic rings. The second kappa shape index (κ2) is 6.45. The molecule has 0 radical (unpaired) electrons. The highest BCUT2D eigenvalue weighted by atomic mass is 32.1. The van der Waals surface area contributed by atoms with Crippen LogP contribution in [0.15, 0.2) is 18.7 Å². The lowest BCUT2D eigenvalue weighted by Crippen LogP contribution is -2.31. The highest BCUT2D eigenvalue weighted by molar-refractivity contribution is 7.11. The predicted octanol–water partition coefficient (Wildman–Crippen LogP) is 1.91. The molecule has 1 saturated heterocycles. The number of hydrogen-bond donors (Lipinski definition) is 0. The summed E-state index contributed by atoms with van der Waals surface area (Å²) in [7, 11) is 0. The first-order valence-electron chi connectivity index (χ1n) is 8.25. The normalized spacial score (nSPS) is 16.7. The maximum atomic E-state index is 4.55. The van der Waals surface area contributed by atoms with Gasteiger partial charge in [0.25, 0.3) is 0 Å². The molecule has 0 bridgehead atoms. The van der Waals surface area contributed by atoms with Gasteiger partial charge < -0.3 is 4.90 Å². The summed E-state index contributed by atoms with van der Waals surface area (Å²) < 4.78 is 1.93. The molecule has 24 heavy (non-hydrogen) atoms. The van der Waals surface area contributed by atoms with Gasteiger partial charge in [0.05, 0.1) is 10.7 Å². The summed E-state index contributed by atoms with van der Waals surface area (Å²) in [6.45, 7) is 9.26. The Morgan fingerprint density at radius 1 is 1.17 bits per heavy atom. The molecule has 1 fully saturated rings. The SMILES string of the molecule is Cc1nc(C)c(CN2CCCN(c3nccn4cnnc34)CC2)s1. The van der Waals surface area contributed by atoms with Crippen LogP contribution in [0.25, 0.3) is 5.65 Å². The van der Waals surface area contributed by atoms with E-state index >= 15 is 0 Å². The van der Waals surface area contributed by atoms with Crippen molar-refractivity contribution in [1.82, 2.24) is 29.5 Å². The van der Waals surface area contributed by atoms with Crippen molar-refractivity contribution in [2.75, 3.05) is 31.1 Å². The van der Waals surface area contributed by atoms with E-state index < -0.39 is 0 Å². The summed E-state index contributed by atoms with van der Waals surface area (Å²) in [5.41, 5.74) is 2.01. The number of aromatic nitrogens is 5. The Labute approximate surface area is 145 Å². The van der Waals surface area contributed by atoms with Crippen molar-refractivity contribution in [1.29, 1.82) is 0 Å². The third-order valence-electron chi connectivity index (χ3n) is 4.45. The Balaban J connectivity index is 1.48. The summed E-state index contributed by atoms with van der Waals surface area (Å²) in [6, 6.07) is 0. The van der Waals surface area contributed by atoms with Crippen molar-refractivity contribution in [2.45, 2.75) is 26.8 Å². The summed E-state index contributed by atoms with van der Waals surface area (Å²) in [6.07, 6.45) is 6.54. The Kier molecular flexibility index (Phi) is 4.15. The van der Waals surface area contributed by atoms with E-state index in [0.29, 0.717) is 0 Å². The van der Waals surface area contributed by atoms with Gasteiger partial charge in [-0.1, -0.05) is 0 Å². The first-order valence-corrected chi connectivity index (χ1v) is 9.07. The third-order valence-corrected chi connectivity index (χ3v) is 5.51. The van der Waals surface area contributed by atoms with Crippen LogP contribution in [-0.2, 0) is 6.54 Å². The minimum absolute atomic E-state index is 0.833. The lowest BCUT2D eigenvalue weighted by Gasteiger charge is -2.22. The number of thiazole rings is 1. The lowest BCUT2D eigenvalue weighted by molar-refractivity contribution is 0.287. The Morgan fingerprint density at radius 3 is 2.92 bits per heavy atom.